The molecule has 2 fully saturated rings. The lowest BCUT2D eigenvalue weighted by Crippen LogP contribution is -2.57. The lowest BCUT2D eigenvalue weighted by atomic mass is 9.84. The van der Waals surface area contributed by atoms with Crippen molar-refractivity contribution in [2.45, 2.75) is 36.8 Å². The van der Waals surface area contributed by atoms with Crippen molar-refractivity contribution in [3.63, 3.8) is 0 Å². The molecule has 0 bridgehead atoms. The van der Waals surface area contributed by atoms with Gasteiger partial charge in [-0.15, -0.1) is 0 Å². The average Bonchev–Trinajstić information content (AvgIpc) is 3.59. The summed E-state index contributed by atoms with van der Waals surface area (Å²) in [4.78, 5) is 41.1. The highest BCUT2D eigenvalue weighted by molar-refractivity contribution is 6.42. The number of rotatable bonds is 5. The van der Waals surface area contributed by atoms with Gasteiger partial charge in [-0.3, -0.25) is 9.59 Å². The van der Waals surface area contributed by atoms with Gasteiger partial charge in [-0.1, -0.05) is 40.9 Å². The molecular weight excluding hydrogens is 501 g/mol. The van der Waals surface area contributed by atoms with Gasteiger partial charge in [0.05, 0.1) is 10.0 Å². The van der Waals surface area contributed by atoms with Crippen LogP contribution in [0.1, 0.15) is 41.1 Å². The molecule has 0 spiro atoms. The predicted octanol–water partition coefficient (Wildman–Crippen LogP) is 4.90. The molecule has 2 N–H and O–H groups in total. The number of amides is 3. The first kappa shape index (κ1) is 24.6. The van der Waals surface area contributed by atoms with Gasteiger partial charge in [0.2, 0.25) is 5.91 Å². The molecule has 2 aliphatic rings. The summed E-state index contributed by atoms with van der Waals surface area (Å²) in [6.45, 7) is 0.728. The molecule has 2 aromatic carbocycles. The van der Waals surface area contributed by atoms with Gasteiger partial charge in [0, 0.05) is 42.7 Å². The van der Waals surface area contributed by atoms with Crippen LogP contribution in [0.25, 0.3) is 0 Å². The highest BCUT2D eigenvalue weighted by Crippen LogP contribution is 2.40. The monoisotopic (exact) mass is 523 g/mol. The number of carbonyl (C=O) groups is 3. The van der Waals surface area contributed by atoms with Crippen molar-refractivity contribution in [1.29, 1.82) is 0 Å². The minimum Gasteiger partial charge on any atom is -0.465 e. The molecule has 1 aliphatic carbocycles. The van der Waals surface area contributed by atoms with Gasteiger partial charge in [-0.25, -0.2) is 4.79 Å². The molecule has 1 saturated carbocycles. The largest absolute Gasteiger partial charge is 0.465 e. The van der Waals surface area contributed by atoms with Crippen LogP contribution in [-0.2, 0) is 4.79 Å². The van der Waals surface area contributed by atoms with Crippen LogP contribution >= 0.6 is 34.8 Å². The summed E-state index contributed by atoms with van der Waals surface area (Å²) in [5.41, 5.74) is 0.316. The van der Waals surface area contributed by atoms with E-state index in [-0.39, 0.29) is 23.8 Å². The van der Waals surface area contributed by atoms with Crippen molar-refractivity contribution >= 4 is 52.7 Å². The second-order valence-electron chi connectivity index (χ2n) is 8.82. The second-order valence-corrected chi connectivity index (χ2v) is 10.1. The normalized spacial score (nSPS) is 21.0. The third kappa shape index (κ3) is 4.97. The molecule has 1 saturated heterocycles. The Bertz CT molecular complexity index is 1120. The van der Waals surface area contributed by atoms with Gasteiger partial charge >= 0.3 is 6.09 Å². The van der Waals surface area contributed by atoms with E-state index in [1.165, 1.54) is 0 Å². The fourth-order valence-electron chi connectivity index (χ4n) is 4.63. The Hall–Kier alpha value is -2.48. The third-order valence-corrected chi connectivity index (χ3v) is 7.64. The van der Waals surface area contributed by atoms with E-state index in [9.17, 15) is 14.4 Å². The summed E-state index contributed by atoms with van der Waals surface area (Å²) in [5, 5.41) is 12.9. The number of likely N-dealkylation sites (N-methyl/N-ethyl adjacent to an activating group) is 1. The molecule has 0 unspecified atom stereocenters. The molecule has 180 valence electrons. The lowest BCUT2D eigenvalue weighted by molar-refractivity contribution is -0.136. The number of halogens is 3. The van der Waals surface area contributed by atoms with Crippen LogP contribution in [0.15, 0.2) is 42.5 Å². The minimum absolute atomic E-state index is 0.155. The topological polar surface area (TPSA) is 90.0 Å². The van der Waals surface area contributed by atoms with Gasteiger partial charge in [0.25, 0.3) is 5.91 Å². The first-order chi connectivity index (χ1) is 16.1. The van der Waals surface area contributed by atoms with Gasteiger partial charge in [0.15, 0.2) is 0 Å². The van der Waals surface area contributed by atoms with Crippen molar-refractivity contribution in [2.75, 3.05) is 20.1 Å². The van der Waals surface area contributed by atoms with E-state index in [0.717, 1.165) is 5.56 Å². The first-order valence-electron chi connectivity index (χ1n) is 10.9. The molecule has 7 nitrogen and oxygen atoms in total. The number of carboxylic acid groups (broad SMARTS) is 1. The van der Waals surface area contributed by atoms with Crippen molar-refractivity contribution in [1.82, 2.24) is 15.1 Å². The Labute approximate surface area is 212 Å². The summed E-state index contributed by atoms with van der Waals surface area (Å²) in [6, 6.07) is 11.8. The van der Waals surface area contributed by atoms with Crippen LogP contribution in [-0.4, -0.2) is 64.5 Å². The van der Waals surface area contributed by atoms with Crippen LogP contribution in [0.4, 0.5) is 4.79 Å². The van der Waals surface area contributed by atoms with E-state index in [1.54, 1.807) is 53.2 Å². The summed E-state index contributed by atoms with van der Waals surface area (Å²) in [6.07, 6.45) is 0.264. The summed E-state index contributed by atoms with van der Waals surface area (Å²) >= 11 is 18.4. The standard InChI is InChI=1S/C24H24Cl3N3O4/c1-29(21(31)14-2-5-16(25)6-3-14)20-8-11-30(22(32)24(9-10-24)28-23(33)34)13-17(20)15-4-7-18(26)19(27)12-15/h2-7,12,17,20,28H,8-11,13H2,1H3,(H,33,34)/t17-,20+/m0/s1. The Kier molecular flexibility index (Phi) is 6.99. The molecular formula is C24H24Cl3N3O4. The summed E-state index contributed by atoms with van der Waals surface area (Å²) in [5.74, 6) is -0.628. The maximum atomic E-state index is 13.2. The number of nitrogens with one attached hydrogen (secondary N) is 1. The van der Waals surface area contributed by atoms with Crippen LogP contribution < -0.4 is 5.32 Å². The molecule has 1 aliphatic heterocycles. The van der Waals surface area contributed by atoms with E-state index in [4.69, 9.17) is 39.9 Å². The number of likely N-dealkylation sites (tertiary alicyclic amines) is 1. The SMILES string of the molecule is CN(C(=O)c1ccc(Cl)cc1)[C@@H]1CCN(C(=O)C2(NC(=O)O)CC2)C[C@H]1c1ccc(Cl)c(Cl)c1. The highest BCUT2D eigenvalue weighted by atomic mass is 35.5. The number of hydrogen-bond donors (Lipinski definition) is 2. The van der Waals surface area contributed by atoms with E-state index < -0.39 is 11.6 Å². The summed E-state index contributed by atoms with van der Waals surface area (Å²) in [7, 11) is 1.75. The molecule has 2 aromatic rings. The average molecular weight is 525 g/mol. The third-order valence-electron chi connectivity index (χ3n) is 6.65. The molecule has 4 rings (SSSR count). The maximum Gasteiger partial charge on any atom is 0.405 e. The quantitative estimate of drug-likeness (QED) is 0.582. The molecule has 3 amide bonds. The van der Waals surface area contributed by atoms with Crippen LogP contribution in [0, 0.1) is 0 Å². The van der Waals surface area contributed by atoms with E-state index in [0.29, 0.717) is 53.0 Å². The van der Waals surface area contributed by atoms with Gasteiger partial charge < -0.3 is 20.2 Å². The zero-order chi connectivity index (χ0) is 24.6. The van der Waals surface area contributed by atoms with E-state index in [1.807, 2.05) is 6.07 Å². The zero-order valence-electron chi connectivity index (χ0n) is 18.4. The van der Waals surface area contributed by atoms with Crippen molar-refractivity contribution in [2.24, 2.45) is 0 Å². The molecule has 1 heterocycles. The van der Waals surface area contributed by atoms with Crippen LogP contribution in [0.5, 0.6) is 0 Å². The van der Waals surface area contributed by atoms with E-state index >= 15 is 0 Å². The Morgan fingerprint density at radius 2 is 1.74 bits per heavy atom. The molecule has 0 radical (unpaired) electrons. The molecule has 2 atom stereocenters. The number of piperidine rings is 1. The predicted molar refractivity (Wildman–Crippen MR) is 131 cm³/mol. The Morgan fingerprint density at radius 1 is 1.06 bits per heavy atom. The van der Waals surface area contributed by atoms with Gasteiger partial charge in [-0.2, -0.15) is 0 Å². The first-order valence-corrected chi connectivity index (χ1v) is 12.0. The zero-order valence-corrected chi connectivity index (χ0v) is 20.7. The fraction of sp³-hybridized carbons (Fsp3) is 0.375. The maximum absolute atomic E-state index is 13.2. The molecule has 0 aromatic heterocycles. The Balaban J connectivity index is 1.61. The van der Waals surface area contributed by atoms with Crippen molar-refractivity contribution in [3.05, 3.63) is 68.7 Å². The van der Waals surface area contributed by atoms with Crippen LogP contribution in [0.3, 0.4) is 0 Å². The number of nitrogens with zero attached hydrogens (tertiary/aromatic N) is 2. The van der Waals surface area contributed by atoms with Crippen LogP contribution in [0.2, 0.25) is 15.1 Å². The van der Waals surface area contributed by atoms with Crippen molar-refractivity contribution < 1.29 is 19.5 Å². The molecule has 34 heavy (non-hydrogen) atoms. The second kappa shape index (κ2) is 9.64. The van der Waals surface area contributed by atoms with Gasteiger partial charge in [0.1, 0.15) is 5.54 Å². The van der Waals surface area contributed by atoms with Crippen molar-refractivity contribution in [3.8, 4) is 0 Å². The fourth-order valence-corrected chi connectivity index (χ4v) is 5.06. The number of carbonyl (C=O) groups excluding carboxylic acids is 2. The lowest BCUT2D eigenvalue weighted by Gasteiger charge is -2.44. The number of benzene rings is 2. The minimum atomic E-state index is -1.21. The molecule has 10 heteroatoms. The van der Waals surface area contributed by atoms with Gasteiger partial charge in [-0.05, 0) is 61.2 Å². The Morgan fingerprint density at radius 3 is 2.32 bits per heavy atom. The highest BCUT2D eigenvalue weighted by Gasteiger charge is 2.54. The number of hydrogen-bond acceptors (Lipinski definition) is 3. The smallest absolute Gasteiger partial charge is 0.405 e. The van der Waals surface area contributed by atoms with E-state index in [2.05, 4.69) is 5.32 Å². The summed E-state index contributed by atoms with van der Waals surface area (Å²) < 4.78 is 0.